The third kappa shape index (κ3) is 3.50. The van der Waals surface area contributed by atoms with Crippen LogP contribution in [0.3, 0.4) is 0 Å². The predicted molar refractivity (Wildman–Crippen MR) is 67.0 cm³/mol. The van der Waals surface area contributed by atoms with E-state index in [0.29, 0.717) is 11.0 Å². The average Bonchev–Trinajstić information content (AvgIpc) is 2.38. The molecule has 20 heavy (non-hydrogen) atoms. The van der Waals surface area contributed by atoms with Gasteiger partial charge in [0, 0.05) is 15.4 Å². The lowest BCUT2D eigenvalue weighted by Gasteiger charge is -2.12. The summed E-state index contributed by atoms with van der Waals surface area (Å²) in [4.78, 5) is 0.813. The van der Waals surface area contributed by atoms with E-state index >= 15 is 0 Å². The van der Waals surface area contributed by atoms with Gasteiger partial charge in [0.05, 0.1) is 5.56 Å². The molecule has 0 bridgehead atoms. The lowest BCUT2D eigenvalue weighted by Crippen LogP contribution is -2.06. The summed E-state index contributed by atoms with van der Waals surface area (Å²) in [5, 5.41) is 0. The van der Waals surface area contributed by atoms with Crippen molar-refractivity contribution in [1.82, 2.24) is 0 Å². The molecule has 0 unspecified atom stereocenters. The first kappa shape index (κ1) is 14.8. The Bertz CT molecular complexity index is 578. The first-order chi connectivity index (χ1) is 9.38. The largest absolute Gasteiger partial charge is 0.416 e. The third-order valence-corrected chi connectivity index (χ3v) is 3.64. The zero-order chi connectivity index (χ0) is 14.8. The van der Waals surface area contributed by atoms with Crippen LogP contribution in [-0.4, -0.2) is 0 Å². The summed E-state index contributed by atoms with van der Waals surface area (Å²) in [5.41, 5.74) is -1.67. The van der Waals surface area contributed by atoms with Crippen molar-refractivity contribution < 1.29 is 22.0 Å². The zero-order valence-electron chi connectivity index (χ0n) is 9.99. The Morgan fingerprint density at radius 2 is 1.55 bits per heavy atom. The maximum absolute atomic E-state index is 12.9. The fourth-order valence-electron chi connectivity index (χ4n) is 1.60. The van der Waals surface area contributed by atoms with E-state index < -0.39 is 23.7 Å². The third-order valence-electron chi connectivity index (χ3n) is 2.54. The first-order valence-corrected chi connectivity index (χ1v) is 6.42. The van der Waals surface area contributed by atoms with Gasteiger partial charge in [-0.25, -0.2) is 8.78 Å². The molecule has 0 aliphatic rings. The molecule has 0 aromatic heterocycles. The molecule has 0 radical (unpaired) electrons. The van der Waals surface area contributed by atoms with Crippen LogP contribution in [0, 0.1) is 0 Å². The van der Waals surface area contributed by atoms with Gasteiger partial charge in [-0.1, -0.05) is 30.0 Å². The molecular formula is C14H9F5S. The maximum Gasteiger partial charge on any atom is 0.416 e. The fraction of sp³-hybridized carbons (Fsp3) is 0.143. The van der Waals surface area contributed by atoms with Gasteiger partial charge in [-0.3, -0.25) is 0 Å². The van der Waals surface area contributed by atoms with Gasteiger partial charge in [-0.15, -0.1) is 0 Å². The minimum absolute atomic E-state index is 0.124. The van der Waals surface area contributed by atoms with Crippen LogP contribution in [0.15, 0.2) is 58.3 Å². The minimum Gasteiger partial charge on any atom is -0.205 e. The van der Waals surface area contributed by atoms with Gasteiger partial charge in [-0.2, -0.15) is 13.2 Å². The number of benzene rings is 2. The van der Waals surface area contributed by atoms with Gasteiger partial charge >= 0.3 is 6.18 Å². The van der Waals surface area contributed by atoms with Crippen LogP contribution in [0.5, 0.6) is 0 Å². The van der Waals surface area contributed by atoms with E-state index in [-0.39, 0.29) is 4.90 Å². The molecule has 0 amide bonds. The van der Waals surface area contributed by atoms with Crippen molar-refractivity contribution >= 4 is 11.8 Å². The van der Waals surface area contributed by atoms with Crippen molar-refractivity contribution in [3.8, 4) is 0 Å². The summed E-state index contributed by atoms with van der Waals surface area (Å²) in [6.45, 7) is 0. The summed E-state index contributed by atoms with van der Waals surface area (Å²) < 4.78 is 63.5. The molecule has 2 rings (SSSR count). The van der Waals surface area contributed by atoms with E-state index in [2.05, 4.69) is 0 Å². The predicted octanol–water partition coefficient (Wildman–Crippen LogP) is 5.79. The second kappa shape index (κ2) is 5.83. The highest BCUT2D eigenvalue weighted by atomic mass is 32.2. The van der Waals surface area contributed by atoms with Crippen molar-refractivity contribution in [3.63, 3.8) is 0 Å². The number of halogens is 5. The van der Waals surface area contributed by atoms with Crippen molar-refractivity contribution in [2.75, 3.05) is 0 Å². The van der Waals surface area contributed by atoms with Gasteiger partial charge in [0.2, 0.25) is 0 Å². The van der Waals surface area contributed by atoms with E-state index in [1.807, 2.05) is 0 Å². The molecule has 0 aliphatic carbocycles. The monoisotopic (exact) mass is 304 g/mol. The van der Waals surface area contributed by atoms with Gasteiger partial charge in [0.25, 0.3) is 6.43 Å². The lowest BCUT2D eigenvalue weighted by molar-refractivity contribution is -0.137. The van der Waals surface area contributed by atoms with E-state index in [1.165, 1.54) is 0 Å². The first-order valence-electron chi connectivity index (χ1n) is 5.60. The lowest BCUT2D eigenvalue weighted by atomic mass is 10.1. The molecule has 0 heterocycles. The SMILES string of the molecule is FC(F)c1cc(C(F)(F)F)ccc1Sc1ccccc1. The average molecular weight is 304 g/mol. The van der Waals surface area contributed by atoms with Crippen LogP contribution >= 0.6 is 11.8 Å². The number of rotatable bonds is 3. The minimum atomic E-state index is -4.63. The van der Waals surface area contributed by atoms with Crippen LogP contribution < -0.4 is 0 Å². The topological polar surface area (TPSA) is 0 Å². The summed E-state index contributed by atoms with van der Waals surface area (Å²) >= 11 is 1.01. The van der Waals surface area contributed by atoms with Crippen molar-refractivity contribution in [2.24, 2.45) is 0 Å². The Hall–Kier alpha value is -1.56. The van der Waals surface area contributed by atoms with Crippen LogP contribution in [0.25, 0.3) is 0 Å². The fourth-order valence-corrected chi connectivity index (χ4v) is 2.55. The quantitative estimate of drug-likeness (QED) is 0.646. The van der Waals surface area contributed by atoms with E-state index in [4.69, 9.17) is 0 Å². The van der Waals surface area contributed by atoms with E-state index in [0.717, 1.165) is 23.9 Å². The van der Waals surface area contributed by atoms with Gasteiger partial charge in [0.1, 0.15) is 0 Å². The molecule has 2 aromatic rings. The van der Waals surface area contributed by atoms with Crippen LogP contribution in [0.1, 0.15) is 17.6 Å². The molecule has 2 aromatic carbocycles. The second-order valence-electron chi connectivity index (χ2n) is 3.97. The summed E-state index contributed by atoms with van der Waals surface area (Å²) in [5.74, 6) is 0. The molecule has 0 saturated heterocycles. The molecule has 0 saturated carbocycles. The maximum atomic E-state index is 12.9. The second-order valence-corrected chi connectivity index (χ2v) is 5.08. The Morgan fingerprint density at radius 3 is 2.10 bits per heavy atom. The van der Waals surface area contributed by atoms with Crippen LogP contribution in [0.4, 0.5) is 22.0 Å². The van der Waals surface area contributed by atoms with Crippen molar-refractivity contribution in [3.05, 3.63) is 59.7 Å². The molecule has 0 N–H and O–H groups in total. The highest BCUT2D eigenvalue weighted by Crippen LogP contribution is 2.39. The van der Waals surface area contributed by atoms with Crippen LogP contribution in [0.2, 0.25) is 0 Å². The Labute approximate surface area is 116 Å². The highest BCUT2D eigenvalue weighted by Gasteiger charge is 2.32. The Balaban J connectivity index is 2.38. The standard InChI is InChI=1S/C14H9F5S/c15-13(16)11-8-9(14(17,18)19)6-7-12(11)20-10-4-2-1-3-5-10/h1-8,13H. The molecule has 0 nitrogen and oxygen atoms in total. The molecule has 0 spiro atoms. The molecule has 0 atom stereocenters. The van der Waals surface area contributed by atoms with E-state index in [1.54, 1.807) is 30.3 Å². The van der Waals surface area contributed by atoms with Crippen molar-refractivity contribution in [2.45, 2.75) is 22.4 Å². The molecule has 0 fully saturated rings. The van der Waals surface area contributed by atoms with Gasteiger partial charge in [-0.05, 0) is 30.3 Å². The molecule has 6 heteroatoms. The summed E-state index contributed by atoms with van der Waals surface area (Å²) in [6, 6.07) is 11.1. The van der Waals surface area contributed by atoms with E-state index in [9.17, 15) is 22.0 Å². The van der Waals surface area contributed by atoms with Gasteiger partial charge in [0.15, 0.2) is 0 Å². The zero-order valence-corrected chi connectivity index (χ0v) is 10.8. The number of alkyl halides is 5. The molecule has 106 valence electrons. The summed E-state index contributed by atoms with van der Waals surface area (Å²) in [7, 11) is 0. The smallest absolute Gasteiger partial charge is 0.205 e. The molecular weight excluding hydrogens is 295 g/mol. The molecule has 0 aliphatic heterocycles. The number of hydrogen-bond donors (Lipinski definition) is 0. The Kier molecular flexibility index (Phi) is 4.32. The Morgan fingerprint density at radius 1 is 0.900 bits per heavy atom. The van der Waals surface area contributed by atoms with Gasteiger partial charge < -0.3 is 0 Å². The number of hydrogen-bond acceptors (Lipinski definition) is 1. The normalized spacial score (nSPS) is 11.9. The highest BCUT2D eigenvalue weighted by molar-refractivity contribution is 7.99. The summed E-state index contributed by atoms with van der Waals surface area (Å²) in [6.07, 6.45) is -7.58. The van der Waals surface area contributed by atoms with Crippen LogP contribution in [-0.2, 0) is 6.18 Å². The van der Waals surface area contributed by atoms with Crippen molar-refractivity contribution in [1.29, 1.82) is 0 Å².